The van der Waals surface area contributed by atoms with Crippen molar-refractivity contribution < 1.29 is 14.3 Å². The van der Waals surface area contributed by atoms with E-state index in [9.17, 15) is 9.59 Å². The maximum atomic E-state index is 12.1. The van der Waals surface area contributed by atoms with Gasteiger partial charge in [-0.15, -0.1) is 11.3 Å². The maximum Gasteiger partial charge on any atom is 0.310 e. The fourth-order valence-electron chi connectivity index (χ4n) is 2.27. The summed E-state index contributed by atoms with van der Waals surface area (Å²) in [6.45, 7) is 3.37. The first-order valence-corrected chi connectivity index (χ1v) is 7.75. The molecule has 0 bridgehead atoms. The molecule has 20 heavy (non-hydrogen) atoms. The van der Waals surface area contributed by atoms with E-state index in [4.69, 9.17) is 4.74 Å². The number of thiophene rings is 1. The van der Waals surface area contributed by atoms with Gasteiger partial charge in [0.05, 0.1) is 12.5 Å². The lowest BCUT2D eigenvalue weighted by molar-refractivity contribution is -0.150. The molecule has 1 atom stereocenters. The quantitative estimate of drug-likeness (QED) is 0.633. The number of esters is 1. The maximum absolute atomic E-state index is 12.1. The Morgan fingerprint density at radius 3 is 3.10 bits per heavy atom. The van der Waals surface area contributed by atoms with E-state index in [0.717, 1.165) is 17.7 Å². The molecule has 1 saturated heterocycles. The Hall–Kier alpha value is -1.62. The average molecular weight is 293 g/mol. The van der Waals surface area contributed by atoms with Crippen molar-refractivity contribution in [1.82, 2.24) is 4.90 Å². The van der Waals surface area contributed by atoms with Crippen LogP contribution in [-0.4, -0.2) is 36.5 Å². The molecule has 1 aliphatic rings. The smallest absolute Gasteiger partial charge is 0.310 e. The van der Waals surface area contributed by atoms with Gasteiger partial charge in [-0.3, -0.25) is 9.59 Å². The summed E-state index contributed by atoms with van der Waals surface area (Å²) in [5.41, 5.74) is 0. The number of piperidine rings is 1. The molecule has 1 amide bonds. The number of ether oxygens (including phenoxy) is 1. The molecule has 4 nitrogen and oxygen atoms in total. The molecule has 5 heteroatoms. The van der Waals surface area contributed by atoms with E-state index < -0.39 is 0 Å². The predicted octanol–water partition coefficient (Wildman–Crippen LogP) is 2.56. The molecule has 0 aromatic carbocycles. The van der Waals surface area contributed by atoms with Gasteiger partial charge >= 0.3 is 5.97 Å². The second-order valence-electron chi connectivity index (χ2n) is 4.72. The number of carbonyl (C=O) groups is 2. The van der Waals surface area contributed by atoms with Crippen LogP contribution in [0.3, 0.4) is 0 Å². The Morgan fingerprint density at radius 2 is 2.40 bits per heavy atom. The van der Waals surface area contributed by atoms with Gasteiger partial charge in [-0.05, 0) is 37.3 Å². The monoisotopic (exact) mass is 293 g/mol. The third-order valence-corrected chi connectivity index (χ3v) is 4.12. The van der Waals surface area contributed by atoms with Gasteiger partial charge in [0.15, 0.2) is 0 Å². The van der Waals surface area contributed by atoms with Crippen LogP contribution in [0.5, 0.6) is 0 Å². The van der Waals surface area contributed by atoms with Crippen molar-refractivity contribution in [3.63, 3.8) is 0 Å². The van der Waals surface area contributed by atoms with E-state index in [2.05, 4.69) is 0 Å². The van der Waals surface area contributed by atoms with Crippen molar-refractivity contribution >= 4 is 29.3 Å². The molecule has 0 aliphatic carbocycles. The summed E-state index contributed by atoms with van der Waals surface area (Å²) in [6.07, 6.45) is 5.06. The summed E-state index contributed by atoms with van der Waals surface area (Å²) < 4.78 is 5.04. The number of likely N-dealkylation sites (tertiary alicyclic amines) is 1. The highest BCUT2D eigenvalue weighted by Gasteiger charge is 2.28. The summed E-state index contributed by atoms with van der Waals surface area (Å²) in [5, 5.41) is 1.97. The van der Waals surface area contributed by atoms with Crippen LogP contribution in [-0.2, 0) is 14.3 Å². The third-order valence-electron chi connectivity index (χ3n) is 3.29. The molecule has 0 N–H and O–H groups in total. The van der Waals surface area contributed by atoms with Gasteiger partial charge in [0.1, 0.15) is 0 Å². The number of carbonyl (C=O) groups excluding carboxylic acids is 2. The van der Waals surface area contributed by atoms with Crippen molar-refractivity contribution in [2.24, 2.45) is 5.92 Å². The largest absolute Gasteiger partial charge is 0.466 e. The lowest BCUT2D eigenvalue weighted by atomic mass is 9.98. The van der Waals surface area contributed by atoms with E-state index in [0.29, 0.717) is 19.7 Å². The molecule has 1 aliphatic heterocycles. The summed E-state index contributed by atoms with van der Waals surface area (Å²) in [6, 6.07) is 3.92. The zero-order valence-corrected chi connectivity index (χ0v) is 12.4. The van der Waals surface area contributed by atoms with Gasteiger partial charge < -0.3 is 9.64 Å². The topological polar surface area (TPSA) is 46.6 Å². The van der Waals surface area contributed by atoms with Gasteiger partial charge in [0.2, 0.25) is 5.91 Å². The van der Waals surface area contributed by atoms with Crippen LogP contribution >= 0.6 is 11.3 Å². The van der Waals surface area contributed by atoms with Crippen LogP contribution in [0.4, 0.5) is 0 Å². The standard InChI is InChI=1S/C15H19NO3S/c1-2-19-15(18)12-5-3-9-16(11-12)14(17)8-7-13-6-4-10-20-13/h4,6-8,10,12H,2-3,5,9,11H2,1H3/b8-7+. The molecule has 1 aromatic heterocycles. The lowest BCUT2D eigenvalue weighted by Gasteiger charge is -2.30. The molecule has 2 heterocycles. The van der Waals surface area contributed by atoms with Crippen LogP contribution in [0.1, 0.15) is 24.6 Å². The normalized spacial score (nSPS) is 19.2. The fraction of sp³-hybridized carbons (Fsp3) is 0.467. The molecule has 108 valence electrons. The minimum atomic E-state index is -0.188. The predicted molar refractivity (Wildman–Crippen MR) is 79.3 cm³/mol. The molecule has 0 saturated carbocycles. The minimum absolute atomic E-state index is 0.0348. The SMILES string of the molecule is CCOC(=O)C1CCCN(C(=O)/C=C/c2cccs2)C1. The lowest BCUT2D eigenvalue weighted by Crippen LogP contribution is -2.42. The second kappa shape index (κ2) is 7.24. The highest BCUT2D eigenvalue weighted by atomic mass is 32.1. The van der Waals surface area contributed by atoms with Crippen molar-refractivity contribution in [2.45, 2.75) is 19.8 Å². The molecule has 2 rings (SSSR count). The first kappa shape index (κ1) is 14.8. The van der Waals surface area contributed by atoms with E-state index in [1.807, 2.05) is 23.6 Å². The molecule has 1 fully saturated rings. The van der Waals surface area contributed by atoms with E-state index >= 15 is 0 Å². The van der Waals surface area contributed by atoms with Crippen molar-refractivity contribution in [3.8, 4) is 0 Å². The molecule has 1 aromatic rings. The summed E-state index contributed by atoms with van der Waals surface area (Å²) >= 11 is 1.59. The van der Waals surface area contributed by atoms with Crippen LogP contribution in [0.15, 0.2) is 23.6 Å². The Balaban J connectivity index is 1.91. The number of hydrogen-bond donors (Lipinski definition) is 0. The van der Waals surface area contributed by atoms with Crippen LogP contribution in [0, 0.1) is 5.92 Å². The molecular formula is C15H19NO3S. The van der Waals surface area contributed by atoms with Gasteiger partial charge in [0, 0.05) is 24.0 Å². The number of amides is 1. The minimum Gasteiger partial charge on any atom is -0.466 e. The second-order valence-corrected chi connectivity index (χ2v) is 5.70. The van der Waals surface area contributed by atoms with Crippen molar-refractivity contribution in [2.75, 3.05) is 19.7 Å². The molecule has 0 radical (unpaired) electrons. The summed E-state index contributed by atoms with van der Waals surface area (Å²) in [5.74, 6) is -0.401. The Kier molecular flexibility index (Phi) is 5.35. The summed E-state index contributed by atoms with van der Waals surface area (Å²) in [7, 11) is 0. The van der Waals surface area contributed by atoms with Crippen molar-refractivity contribution in [1.29, 1.82) is 0 Å². The van der Waals surface area contributed by atoms with Crippen LogP contribution < -0.4 is 0 Å². The van der Waals surface area contributed by atoms with E-state index in [1.165, 1.54) is 0 Å². The van der Waals surface area contributed by atoms with E-state index in [1.54, 1.807) is 29.2 Å². The van der Waals surface area contributed by atoms with Crippen molar-refractivity contribution in [3.05, 3.63) is 28.5 Å². The Bertz CT molecular complexity index is 481. The highest BCUT2D eigenvalue weighted by Crippen LogP contribution is 2.19. The van der Waals surface area contributed by atoms with Gasteiger partial charge in [-0.1, -0.05) is 6.07 Å². The first-order valence-electron chi connectivity index (χ1n) is 6.88. The Morgan fingerprint density at radius 1 is 1.55 bits per heavy atom. The molecular weight excluding hydrogens is 274 g/mol. The zero-order chi connectivity index (χ0) is 14.4. The number of hydrogen-bond acceptors (Lipinski definition) is 4. The number of rotatable bonds is 4. The van der Waals surface area contributed by atoms with Gasteiger partial charge in [-0.25, -0.2) is 0 Å². The fourth-order valence-corrected chi connectivity index (χ4v) is 2.89. The third kappa shape index (κ3) is 3.93. The average Bonchev–Trinajstić information content (AvgIpc) is 2.98. The van der Waals surface area contributed by atoms with Crippen LogP contribution in [0.2, 0.25) is 0 Å². The van der Waals surface area contributed by atoms with E-state index in [-0.39, 0.29) is 17.8 Å². The Labute approximate surface area is 123 Å². The zero-order valence-electron chi connectivity index (χ0n) is 11.6. The van der Waals surface area contributed by atoms with Gasteiger partial charge in [-0.2, -0.15) is 0 Å². The summed E-state index contributed by atoms with van der Waals surface area (Å²) in [4.78, 5) is 26.6. The van der Waals surface area contributed by atoms with Crippen LogP contribution in [0.25, 0.3) is 6.08 Å². The van der Waals surface area contributed by atoms with Gasteiger partial charge in [0.25, 0.3) is 0 Å². The number of nitrogens with zero attached hydrogens (tertiary/aromatic N) is 1. The molecule has 1 unspecified atom stereocenters. The molecule has 0 spiro atoms. The highest BCUT2D eigenvalue weighted by molar-refractivity contribution is 7.10. The first-order chi connectivity index (χ1) is 9.70.